The van der Waals surface area contributed by atoms with Crippen molar-refractivity contribution in [1.82, 2.24) is 10.2 Å². The van der Waals surface area contributed by atoms with Crippen LogP contribution in [0, 0.1) is 0 Å². The van der Waals surface area contributed by atoms with Crippen LogP contribution < -0.4 is 5.32 Å². The number of benzene rings is 1. The van der Waals surface area contributed by atoms with E-state index in [1.54, 1.807) is 18.2 Å². The smallest absolute Gasteiger partial charge is 0.0929 e. The minimum Gasteiger partial charge on any atom is -0.387 e. The standard InChI is InChI=1S/C16H24Cl2N2O2/c1-2-13(11-20-5-7-22-8-6-20)19-10-16(21)14-9-12(17)3-4-15(14)18/h3-4,9,13,16,19,21H,2,5-8,10-11H2,1H3. The van der Waals surface area contributed by atoms with Crippen molar-refractivity contribution in [2.24, 2.45) is 0 Å². The normalized spacial score (nSPS) is 19.1. The summed E-state index contributed by atoms with van der Waals surface area (Å²) in [5, 5.41) is 14.9. The summed E-state index contributed by atoms with van der Waals surface area (Å²) in [4.78, 5) is 2.39. The lowest BCUT2D eigenvalue weighted by Gasteiger charge is -2.31. The van der Waals surface area contributed by atoms with Crippen LogP contribution in [0.1, 0.15) is 25.0 Å². The second-order valence-electron chi connectivity index (χ2n) is 5.61. The maximum absolute atomic E-state index is 10.3. The number of nitrogens with one attached hydrogen (secondary N) is 1. The number of halogens is 2. The third kappa shape index (κ3) is 5.37. The van der Waals surface area contributed by atoms with E-state index < -0.39 is 6.10 Å². The molecule has 0 saturated carbocycles. The highest BCUT2D eigenvalue weighted by atomic mass is 35.5. The fourth-order valence-electron chi connectivity index (χ4n) is 2.59. The van der Waals surface area contributed by atoms with Crippen molar-refractivity contribution in [3.05, 3.63) is 33.8 Å². The summed E-state index contributed by atoms with van der Waals surface area (Å²) in [7, 11) is 0. The Morgan fingerprint density at radius 3 is 2.73 bits per heavy atom. The highest BCUT2D eigenvalue weighted by Gasteiger charge is 2.18. The van der Waals surface area contributed by atoms with E-state index in [-0.39, 0.29) is 0 Å². The lowest BCUT2D eigenvalue weighted by atomic mass is 10.1. The average molecular weight is 347 g/mol. The first kappa shape index (κ1) is 18.0. The van der Waals surface area contributed by atoms with Gasteiger partial charge in [-0.05, 0) is 24.6 Å². The summed E-state index contributed by atoms with van der Waals surface area (Å²) in [5.41, 5.74) is 0.669. The molecular formula is C16H24Cl2N2O2. The molecule has 2 unspecified atom stereocenters. The van der Waals surface area contributed by atoms with E-state index in [2.05, 4.69) is 17.1 Å². The molecule has 0 bridgehead atoms. The third-order valence-corrected chi connectivity index (χ3v) is 4.57. The summed E-state index contributed by atoms with van der Waals surface area (Å²) in [5.74, 6) is 0. The highest BCUT2D eigenvalue weighted by Crippen LogP contribution is 2.26. The average Bonchev–Trinajstić information content (AvgIpc) is 2.54. The molecule has 1 aliphatic rings. The minimum absolute atomic E-state index is 0.339. The van der Waals surface area contributed by atoms with Crippen molar-refractivity contribution >= 4 is 23.2 Å². The van der Waals surface area contributed by atoms with E-state index in [1.165, 1.54) is 0 Å². The molecule has 0 spiro atoms. The van der Waals surface area contributed by atoms with Gasteiger partial charge in [-0.3, -0.25) is 4.90 Å². The van der Waals surface area contributed by atoms with E-state index in [9.17, 15) is 5.11 Å². The van der Waals surface area contributed by atoms with E-state index in [1.807, 2.05) is 0 Å². The zero-order valence-electron chi connectivity index (χ0n) is 12.9. The Labute approximate surface area is 142 Å². The van der Waals surface area contributed by atoms with Gasteiger partial charge in [0.05, 0.1) is 19.3 Å². The molecular weight excluding hydrogens is 323 g/mol. The molecule has 2 N–H and O–H groups in total. The summed E-state index contributed by atoms with van der Waals surface area (Å²) >= 11 is 12.1. The van der Waals surface area contributed by atoms with E-state index >= 15 is 0 Å². The highest BCUT2D eigenvalue weighted by molar-refractivity contribution is 6.33. The van der Waals surface area contributed by atoms with Gasteiger partial charge >= 0.3 is 0 Å². The number of hydrogen-bond acceptors (Lipinski definition) is 4. The van der Waals surface area contributed by atoms with Crippen molar-refractivity contribution < 1.29 is 9.84 Å². The number of aliphatic hydroxyl groups excluding tert-OH is 1. The molecule has 22 heavy (non-hydrogen) atoms. The van der Waals surface area contributed by atoms with Crippen LogP contribution in [0.15, 0.2) is 18.2 Å². The maximum Gasteiger partial charge on any atom is 0.0929 e. The Morgan fingerprint density at radius 1 is 1.32 bits per heavy atom. The first-order valence-electron chi connectivity index (χ1n) is 7.76. The van der Waals surface area contributed by atoms with Gasteiger partial charge in [0.25, 0.3) is 0 Å². The van der Waals surface area contributed by atoms with Crippen LogP contribution in [0.5, 0.6) is 0 Å². The van der Waals surface area contributed by atoms with E-state index in [0.717, 1.165) is 39.3 Å². The second kappa shape index (κ2) is 9.06. The topological polar surface area (TPSA) is 44.7 Å². The molecule has 124 valence electrons. The van der Waals surface area contributed by atoms with Crippen molar-refractivity contribution in [3.63, 3.8) is 0 Å². The molecule has 2 rings (SSSR count). The van der Waals surface area contributed by atoms with Crippen molar-refractivity contribution in [2.75, 3.05) is 39.4 Å². The van der Waals surface area contributed by atoms with Gasteiger partial charge in [-0.2, -0.15) is 0 Å². The molecule has 1 saturated heterocycles. The summed E-state index contributed by atoms with van der Waals surface area (Å²) in [6, 6.07) is 5.50. The van der Waals surface area contributed by atoms with Crippen LogP contribution in [-0.4, -0.2) is 55.4 Å². The molecule has 1 fully saturated rings. The molecule has 0 radical (unpaired) electrons. The van der Waals surface area contributed by atoms with Crippen LogP contribution in [0.25, 0.3) is 0 Å². The SMILES string of the molecule is CCC(CN1CCOCC1)NCC(O)c1cc(Cl)ccc1Cl. The van der Waals surface area contributed by atoms with E-state index in [0.29, 0.717) is 28.2 Å². The molecule has 0 amide bonds. The molecule has 1 aromatic carbocycles. The predicted octanol–water partition coefficient (Wildman–Crippen LogP) is 2.73. The number of nitrogens with zero attached hydrogens (tertiary/aromatic N) is 1. The van der Waals surface area contributed by atoms with Gasteiger partial charge in [-0.1, -0.05) is 30.1 Å². The molecule has 1 aliphatic heterocycles. The molecule has 0 aliphatic carbocycles. The summed E-state index contributed by atoms with van der Waals surface area (Å²) in [6.07, 6.45) is 0.345. The third-order valence-electron chi connectivity index (χ3n) is 3.99. The zero-order valence-corrected chi connectivity index (χ0v) is 14.4. The summed E-state index contributed by atoms with van der Waals surface area (Å²) < 4.78 is 5.37. The van der Waals surface area contributed by atoms with E-state index in [4.69, 9.17) is 27.9 Å². The molecule has 1 heterocycles. The maximum atomic E-state index is 10.3. The van der Waals surface area contributed by atoms with Gasteiger partial charge in [0.1, 0.15) is 0 Å². The fraction of sp³-hybridized carbons (Fsp3) is 0.625. The molecule has 1 aromatic rings. The Morgan fingerprint density at radius 2 is 2.05 bits per heavy atom. The first-order valence-corrected chi connectivity index (χ1v) is 8.52. The fourth-order valence-corrected chi connectivity index (χ4v) is 3.02. The Balaban J connectivity index is 1.85. The molecule has 0 aromatic heterocycles. The van der Waals surface area contributed by atoms with Gasteiger partial charge in [0.15, 0.2) is 0 Å². The lowest BCUT2D eigenvalue weighted by molar-refractivity contribution is 0.0325. The quantitative estimate of drug-likeness (QED) is 0.796. The molecule has 4 nitrogen and oxygen atoms in total. The van der Waals surface area contributed by atoms with Crippen LogP contribution >= 0.6 is 23.2 Å². The van der Waals surface area contributed by atoms with Crippen molar-refractivity contribution in [2.45, 2.75) is 25.5 Å². The lowest BCUT2D eigenvalue weighted by Crippen LogP contribution is -2.46. The van der Waals surface area contributed by atoms with Crippen molar-refractivity contribution in [1.29, 1.82) is 0 Å². The minimum atomic E-state index is -0.662. The number of hydrogen-bond donors (Lipinski definition) is 2. The predicted molar refractivity (Wildman–Crippen MR) is 90.8 cm³/mol. The number of morpholine rings is 1. The molecule has 2 atom stereocenters. The summed E-state index contributed by atoms with van der Waals surface area (Å²) in [6.45, 7) is 7.13. The number of rotatable bonds is 7. The zero-order chi connectivity index (χ0) is 15.9. The second-order valence-corrected chi connectivity index (χ2v) is 6.45. The van der Waals surface area contributed by atoms with Gasteiger partial charge in [-0.15, -0.1) is 0 Å². The monoisotopic (exact) mass is 346 g/mol. The van der Waals surface area contributed by atoms with Crippen LogP contribution in [0.2, 0.25) is 10.0 Å². The Hall–Kier alpha value is -0.360. The van der Waals surface area contributed by atoms with Gasteiger partial charge in [0, 0.05) is 47.8 Å². The van der Waals surface area contributed by atoms with Crippen LogP contribution in [-0.2, 0) is 4.74 Å². The number of ether oxygens (including phenoxy) is 1. The largest absolute Gasteiger partial charge is 0.387 e. The number of aliphatic hydroxyl groups is 1. The van der Waals surface area contributed by atoms with Gasteiger partial charge < -0.3 is 15.2 Å². The molecule has 6 heteroatoms. The van der Waals surface area contributed by atoms with Crippen molar-refractivity contribution in [3.8, 4) is 0 Å². The Kier molecular flexibility index (Phi) is 7.41. The van der Waals surface area contributed by atoms with Crippen LogP contribution in [0.4, 0.5) is 0 Å². The van der Waals surface area contributed by atoms with Crippen LogP contribution in [0.3, 0.4) is 0 Å². The van der Waals surface area contributed by atoms with Gasteiger partial charge in [-0.25, -0.2) is 0 Å². The van der Waals surface area contributed by atoms with Gasteiger partial charge in [0.2, 0.25) is 0 Å². The Bertz CT molecular complexity index is 467. The first-order chi connectivity index (χ1) is 10.6.